The molecule has 0 spiro atoms. The van der Waals surface area contributed by atoms with Gasteiger partial charge in [-0.15, -0.1) is 0 Å². The van der Waals surface area contributed by atoms with Crippen LogP contribution in [0, 0.1) is 6.92 Å². The maximum absolute atomic E-state index is 13.0. The number of benzene rings is 2. The van der Waals surface area contributed by atoms with Crippen LogP contribution in [0.3, 0.4) is 0 Å². The molecule has 2 aromatic rings. The summed E-state index contributed by atoms with van der Waals surface area (Å²) >= 11 is 5.83. The second-order valence-electron chi connectivity index (χ2n) is 6.91. The molecule has 1 aliphatic heterocycles. The number of halogens is 1. The molecule has 7 nitrogen and oxygen atoms in total. The van der Waals surface area contributed by atoms with Crippen molar-refractivity contribution in [3.05, 3.63) is 52.5 Å². The van der Waals surface area contributed by atoms with E-state index in [4.69, 9.17) is 16.3 Å². The first-order valence-corrected chi connectivity index (χ1v) is 10.9. The monoisotopic (exact) mass is 436 g/mol. The highest BCUT2D eigenvalue weighted by Crippen LogP contribution is 2.34. The van der Waals surface area contributed by atoms with Gasteiger partial charge in [-0.2, -0.15) is 0 Å². The molecule has 154 valence electrons. The fourth-order valence-electron chi connectivity index (χ4n) is 2.99. The van der Waals surface area contributed by atoms with Crippen LogP contribution < -0.4 is 15.4 Å². The number of sulfone groups is 1. The number of anilines is 1. The van der Waals surface area contributed by atoms with Crippen LogP contribution in [0.4, 0.5) is 5.69 Å². The van der Waals surface area contributed by atoms with Crippen molar-refractivity contribution in [1.82, 2.24) is 5.32 Å². The number of carbonyl (C=O) groups is 2. The van der Waals surface area contributed by atoms with Gasteiger partial charge in [-0.25, -0.2) is 8.42 Å². The van der Waals surface area contributed by atoms with E-state index in [1.165, 1.54) is 13.0 Å². The predicted molar refractivity (Wildman–Crippen MR) is 110 cm³/mol. The van der Waals surface area contributed by atoms with Gasteiger partial charge in [-0.3, -0.25) is 9.59 Å². The summed E-state index contributed by atoms with van der Waals surface area (Å²) < 4.78 is 31.3. The maximum Gasteiger partial charge on any atom is 0.262 e. The number of fused-ring (bicyclic) bond motifs is 1. The number of carbonyl (C=O) groups excluding carboxylic acids is 2. The van der Waals surface area contributed by atoms with Gasteiger partial charge in [0, 0.05) is 24.1 Å². The Morgan fingerprint density at radius 1 is 1.28 bits per heavy atom. The Labute approximate surface area is 174 Å². The Bertz CT molecular complexity index is 1050. The third-order valence-electron chi connectivity index (χ3n) is 4.62. The summed E-state index contributed by atoms with van der Waals surface area (Å²) in [5.41, 5.74) is 1.78. The lowest BCUT2D eigenvalue weighted by Crippen LogP contribution is -2.30. The third kappa shape index (κ3) is 4.89. The standard InChI is InChI=1S/C20H21ClN2O5S/c1-12-7-16-17(28-11-20(25)23-16)9-18(12)29(26,27)13(2)8-19(24)22-10-14-3-5-15(21)6-4-14/h3-7,9,13H,8,10-11H2,1-2H3,(H,22,24)(H,23,25). The van der Waals surface area contributed by atoms with Crippen molar-refractivity contribution >= 4 is 38.9 Å². The number of amides is 2. The Morgan fingerprint density at radius 2 is 1.97 bits per heavy atom. The smallest absolute Gasteiger partial charge is 0.262 e. The van der Waals surface area contributed by atoms with Gasteiger partial charge in [0.25, 0.3) is 5.91 Å². The lowest BCUT2D eigenvalue weighted by molar-refractivity contribution is -0.121. The van der Waals surface area contributed by atoms with E-state index in [9.17, 15) is 18.0 Å². The molecule has 0 aromatic heterocycles. The van der Waals surface area contributed by atoms with Crippen LogP contribution in [0.2, 0.25) is 5.02 Å². The van der Waals surface area contributed by atoms with Gasteiger partial charge >= 0.3 is 0 Å². The predicted octanol–water partition coefficient (Wildman–Crippen LogP) is 2.85. The largest absolute Gasteiger partial charge is 0.482 e. The molecule has 0 fully saturated rings. The summed E-state index contributed by atoms with van der Waals surface area (Å²) in [6.45, 7) is 3.26. The van der Waals surface area contributed by atoms with Crippen molar-refractivity contribution in [2.75, 3.05) is 11.9 Å². The van der Waals surface area contributed by atoms with E-state index < -0.39 is 15.1 Å². The number of hydrogen-bond acceptors (Lipinski definition) is 5. The maximum atomic E-state index is 13.0. The summed E-state index contributed by atoms with van der Waals surface area (Å²) in [6, 6.07) is 9.99. The number of ether oxygens (including phenoxy) is 1. The molecule has 1 aliphatic rings. The van der Waals surface area contributed by atoms with E-state index in [1.54, 1.807) is 37.3 Å². The zero-order valence-corrected chi connectivity index (χ0v) is 17.6. The molecule has 2 aromatic carbocycles. The molecule has 0 saturated carbocycles. The van der Waals surface area contributed by atoms with E-state index in [0.29, 0.717) is 22.0 Å². The van der Waals surface area contributed by atoms with Crippen LogP contribution in [0.25, 0.3) is 0 Å². The molecule has 1 heterocycles. The first-order chi connectivity index (χ1) is 13.7. The molecule has 3 rings (SSSR count). The Morgan fingerprint density at radius 3 is 2.66 bits per heavy atom. The van der Waals surface area contributed by atoms with Crippen molar-refractivity contribution in [2.45, 2.75) is 37.0 Å². The number of hydrogen-bond donors (Lipinski definition) is 2. The molecule has 0 radical (unpaired) electrons. The molecule has 0 bridgehead atoms. The summed E-state index contributed by atoms with van der Waals surface area (Å²) in [5.74, 6) is -0.360. The summed E-state index contributed by atoms with van der Waals surface area (Å²) in [7, 11) is -3.77. The van der Waals surface area contributed by atoms with Gasteiger partial charge in [0.1, 0.15) is 5.75 Å². The Balaban J connectivity index is 1.69. The van der Waals surface area contributed by atoms with Crippen LogP contribution in [0.1, 0.15) is 24.5 Å². The SMILES string of the molecule is Cc1cc2c(cc1S(=O)(=O)C(C)CC(=O)NCc1ccc(Cl)cc1)OCC(=O)N2. The molecule has 9 heteroatoms. The van der Waals surface area contributed by atoms with Crippen molar-refractivity contribution in [1.29, 1.82) is 0 Å². The van der Waals surface area contributed by atoms with E-state index in [1.807, 2.05) is 0 Å². The lowest BCUT2D eigenvalue weighted by atomic mass is 10.2. The molecule has 1 unspecified atom stereocenters. The highest BCUT2D eigenvalue weighted by molar-refractivity contribution is 7.92. The highest BCUT2D eigenvalue weighted by Gasteiger charge is 2.29. The fraction of sp³-hybridized carbons (Fsp3) is 0.300. The van der Waals surface area contributed by atoms with Gasteiger partial charge in [0.05, 0.1) is 15.8 Å². The van der Waals surface area contributed by atoms with E-state index >= 15 is 0 Å². The van der Waals surface area contributed by atoms with E-state index in [-0.39, 0.29) is 36.3 Å². The average Bonchev–Trinajstić information content (AvgIpc) is 2.66. The summed E-state index contributed by atoms with van der Waals surface area (Å²) in [5, 5.41) is 5.04. The lowest BCUT2D eigenvalue weighted by Gasteiger charge is -2.21. The quantitative estimate of drug-likeness (QED) is 0.725. The van der Waals surface area contributed by atoms with Crippen molar-refractivity contribution in [3.63, 3.8) is 0 Å². The van der Waals surface area contributed by atoms with Crippen LogP contribution in [-0.2, 0) is 26.0 Å². The number of nitrogens with one attached hydrogen (secondary N) is 2. The molecule has 0 aliphatic carbocycles. The fourth-order valence-corrected chi connectivity index (χ4v) is 4.69. The molecular weight excluding hydrogens is 416 g/mol. The molecule has 2 N–H and O–H groups in total. The minimum absolute atomic E-state index is 0.0883. The van der Waals surface area contributed by atoms with Crippen molar-refractivity contribution in [3.8, 4) is 5.75 Å². The minimum atomic E-state index is -3.77. The first kappa shape index (κ1) is 21.1. The van der Waals surface area contributed by atoms with Gasteiger partial charge in [0.2, 0.25) is 5.91 Å². The molecule has 2 amide bonds. The average molecular weight is 437 g/mol. The normalized spacial score (nSPS) is 14.4. The second kappa shape index (κ2) is 8.42. The number of aryl methyl sites for hydroxylation is 1. The van der Waals surface area contributed by atoms with Gasteiger partial charge < -0.3 is 15.4 Å². The van der Waals surface area contributed by atoms with Crippen LogP contribution in [0.15, 0.2) is 41.3 Å². The van der Waals surface area contributed by atoms with E-state index in [0.717, 1.165) is 5.56 Å². The van der Waals surface area contributed by atoms with Crippen LogP contribution in [0.5, 0.6) is 5.75 Å². The van der Waals surface area contributed by atoms with E-state index in [2.05, 4.69) is 10.6 Å². The molecule has 29 heavy (non-hydrogen) atoms. The minimum Gasteiger partial charge on any atom is -0.482 e. The van der Waals surface area contributed by atoms with Crippen molar-refractivity contribution in [2.24, 2.45) is 0 Å². The summed E-state index contributed by atoms with van der Waals surface area (Å²) in [6.07, 6.45) is -0.177. The topological polar surface area (TPSA) is 102 Å². The molecular formula is C20H21ClN2O5S. The third-order valence-corrected chi connectivity index (χ3v) is 7.15. The first-order valence-electron chi connectivity index (χ1n) is 8.99. The van der Waals surface area contributed by atoms with Gasteiger partial charge in [-0.05, 0) is 43.2 Å². The highest BCUT2D eigenvalue weighted by atomic mass is 35.5. The Kier molecular flexibility index (Phi) is 6.14. The zero-order valence-electron chi connectivity index (χ0n) is 16.0. The van der Waals surface area contributed by atoms with Crippen LogP contribution >= 0.6 is 11.6 Å². The summed E-state index contributed by atoms with van der Waals surface area (Å²) in [4.78, 5) is 23.8. The van der Waals surface area contributed by atoms with Gasteiger partial charge in [-0.1, -0.05) is 23.7 Å². The zero-order chi connectivity index (χ0) is 21.2. The van der Waals surface area contributed by atoms with Gasteiger partial charge in [0.15, 0.2) is 16.4 Å². The molecule has 1 atom stereocenters. The van der Waals surface area contributed by atoms with Crippen molar-refractivity contribution < 1.29 is 22.7 Å². The number of rotatable bonds is 6. The van der Waals surface area contributed by atoms with Crippen LogP contribution in [-0.4, -0.2) is 32.1 Å². The second-order valence-corrected chi connectivity index (χ2v) is 9.68. The molecule has 0 saturated heterocycles. The Hall–Kier alpha value is -2.58.